The predicted molar refractivity (Wildman–Crippen MR) is 288 cm³/mol. The van der Waals surface area contributed by atoms with Crippen molar-refractivity contribution in [1.29, 1.82) is 0 Å². The summed E-state index contributed by atoms with van der Waals surface area (Å²) in [6, 6.07) is 0. The zero-order valence-corrected chi connectivity index (χ0v) is 44.0. The molecule has 0 N–H and O–H groups in total. The Morgan fingerprint density at radius 2 is 0.667 bits per heavy atom. The number of hydrogen-bond donors (Lipinski definition) is 0. The highest BCUT2D eigenvalue weighted by molar-refractivity contribution is 5.70. The quantitative estimate of drug-likeness (QED) is 0.0346. The van der Waals surface area contributed by atoms with E-state index in [0.717, 1.165) is 64.2 Å². The number of unbranched alkanes of at least 4 members (excludes halogenated alkanes) is 29. The van der Waals surface area contributed by atoms with Crippen LogP contribution in [0.1, 0.15) is 278 Å². The highest BCUT2D eigenvalue weighted by atomic mass is 16.6. The minimum absolute atomic E-state index is 0.0435. The lowest BCUT2D eigenvalue weighted by Gasteiger charge is -2.18. The van der Waals surface area contributed by atoms with E-state index in [1.807, 2.05) is 6.08 Å². The van der Waals surface area contributed by atoms with Crippen LogP contribution >= 0.6 is 0 Å². The molecule has 0 aromatic rings. The van der Waals surface area contributed by atoms with E-state index in [1.54, 1.807) is 0 Å². The molecule has 0 fully saturated rings. The molecule has 0 aliphatic heterocycles. The molecule has 0 bridgehead atoms. The maximum absolute atomic E-state index is 12.8. The summed E-state index contributed by atoms with van der Waals surface area (Å²) < 4.78 is 17.4. The second kappa shape index (κ2) is 56.7. The monoisotopic (exact) mass is 921 g/mol. The lowest BCUT2D eigenvalue weighted by atomic mass is 10.0. The largest absolute Gasteiger partial charge is 0.462 e. The van der Waals surface area contributed by atoms with Crippen LogP contribution in [0.2, 0.25) is 0 Å². The van der Waals surface area contributed by atoms with Gasteiger partial charge >= 0.3 is 11.9 Å². The number of carbonyl (C=O) groups excluding carboxylic acids is 2. The molecule has 0 radical (unpaired) electrons. The van der Waals surface area contributed by atoms with Gasteiger partial charge < -0.3 is 14.2 Å². The standard InChI is InChI=1S/C61H108O5/c1-4-7-10-13-16-19-22-25-28-30-31-32-34-36-39-42-45-48-51-54-60(62)65-58-59(57-64-56-53-50-47-44-41-38-35-29-26-23-20-17-14-11-8-5-2)66-61(63)55-52-49-46-43-40-37-33-27-24-21-18-15-12-9-6-3/h16,19,25,27-28,31-33,36,39,45,48,59H,4-15,17-18,20-24,26,29-30,34-35,37-38,40-44,46-47,49-58H2,1-3H3/b19-16-,28-25-,32-31-,33-27-,39-36-,48-45-/t59-/m1/s1. The van der Waals surface area contributed by atoms with E-state index in [9.17, 15) is 9.59 Å². The van der Waals surface area contributed by atoms with Gasteiger partial charge in [0.2, 0.25) is 0 Å². The van der Waals surface area contributed by atoms with Crippen LogP contribution in [0.15, 0.2) is 72.9 Å². The van der Waals surface area contributed by atoms with E-state index >= 15 is 0 Å². The SMILES string of the molecule is CCCCC/C=C\C/C=C\C/C=C\C/C=C\C/C=C\CCC(=O)OC[C@@H](COCCCCCCCCCCCCCCCCCC)OC(=O)CCCCCCC/C=C\CCCCCCCC. The van der Waals surface area contributed by atoms with Crippen molar-refractivity contribution in [3.05, 3.63) is 72.9 Å². The van der Waals surface area contributed by atoms with Gasteiger partial charge in [0.15, 0.2) is 6.10 Å². The molecule has 382 valence electrons. The Balaban J connectivity index is 4.38. The number of esters is 2. The Bertz CT molecular complexity index is 1180. The minimum atomic E-state index is -0.571. The zero-order valence-electron chi connectivity index (χ0n) is 44.0. The molecule has 0 aromatic heterocycles. The molecule has 0 rings (SSSR count). The van der Waals surface area contributed by atoms with Crippen LogP contribution < -0.4 is 0 Å². The van der Waals surface area contributed by atoms with Crippen LogP contribution in [0.5, 0.6) is 0 Å². The smallest absolute Gasteiger partial charge is 0.306 e. The topological polar surface area (TPSA) is 61.8 Å². The fourth-order valence-corrected chi connectivity index (χ4v) is 7.96. The van der Waals surface area contributed by atoms with Crippen molar-refractivity contribution in [2.75, 3.05) is 19.8 Å². The summed E-state index contributed by atoms with van der Waals surface area (Å²) in [5.74, 6) is -0.493. The van der Waals surface area contributed by atoms with E-state index in [0.29, 0.717) is 25.9 Å². The number of allylic oxidation sites excluding steroid dienone is 12. The van der Waals surface area contributed by atoms with Crippen molar-refractivity contribution in [2.45, 2.75) is 284 Å². The Labute approximate surface area is 410 Å². The summed E-state index contributed by atoms with van der Waals surface area (Å²) in [5.41, 5.74) is 0. The molecule has 0 aliphatic carbocycles. The van der Waals surface area contributed by atoms with Gasteiger partial charge in [-0.3, -0.25) is 9.59 Å². The fraction of sp³-hybridized carbons (Fsp3) is 0.770. The summed E-state index contributed by atoms with van der Waals surface area (Å²) in [5, 5.41) is 0. The van der Waals surface area contributed by atoms with Crippen LogP contribution in [0.25, 0.3) is 0 Å². The van der Waals surface area contributed by atoms with E-state index in [4.69, 9.17) is 14.2 Å². The number of ether oxygens (including phenoxy) is 3. The molecule has 66 heavy (non-hydrogen) atoms. The van der Waals surface area contributed by atoms with E-state index in [-0.39, 0.29) is 25.2 Å². The molecule has 0 aliphatic rings. The molecule has 1 atom stereocenters. The van der Waals surface area contributed by atoms with Crippen molar-refractivity contribution in [2.24, 2.45) is 0 Å². The van der Waals surface area contributed by atoms with E-state index < -0.39 is 6.10 Å². The molecule has 0 amide bonds. The van der Waals surface area contributed by atoms with Crippen LogP contribution in [0.4, 0.5) is 0 Å². The average molecular weight is 922 g/mol. The van der Waals surface area contributed by atoms with Gasteiger partial charge in [0.25, 0.3) is 0 Å². The van der Waals surface area contributed by atoms with Gasteiger partial charge in [-0.25, -0.2) is 0 Å². The molecule has 0 saturated carbocycles. The Morgan fingerprint density at radius 3 is 1.12 bits per heavy atom. The molecule has 0 spiro atoms. The second-order valence-electron chi connectivity index (χ2n) is 18.8. The molecule has 5 heteroatoms. The third kappa shape index (κ3) is 54.0. The predicted octanol–water partition coefficient (Wildman–Crippen LogP) is 19.5. The van der Waals surface area contributed by atoms with Crippen LogP contribution in [0, 0.1) is 0 Å². The van der Waals surface area contributed by atoms with Gasteiger partial charge in [0, 0.05) is 19.4 Å². The third-order valence-corrected chi connectivity index (χ3v) is 12.2. The van der Waals surface area contributed by atoms with Crippen molar-refractivity contribution in [1.82, 2.24) is 0 Å². The molecule has 0 saturated heterocycles. The summed E-state index contributed by atoms with van der Waals surface area (Å²) >= 11 is 0. The highest BCUT2D eigenvalue weighted by Crippen LogP contribution is 2.15. The summed E-state index contributed by atoms with van der Waals surface area (Å²) in [6.45, 7) is 7.74. The van der Waals surface area contributed by atoms with Gasteiger partial charge in [-0.05, 0) is 83.5 Å². The van der Waals surface area contributed by atoms with Gasteiger partial charge in [0.1, 0.15) is 6.61 Å². The molecular formula is C61H108O5. The lowest BCUT2D eigenvalue weighted by molar-refractivity contribution is -0.162. The van der Waals surface area contributed by atoms with Crippen LogP contribution in [0.3, 0.4) is 0 Å². The van der Waals surface area contributed by atoms with E-state index in [2.05, 4.69) is 87.6 Å². The Morgan fingerprint density at radius 1 is 0.333 bits per heavy atom. The van der Waals surface area contributed by atoms with E-state index in [1.165, 1.54) is 173 Å². The van der Waals surface area contributed by atoms with Crippen molar-refractivity contribution >= 4 is 11.9 Å². The summed E-state index contributed by atoms with van der Waals surface area (Å²) in [7, 11) is 0. The molecular weight excluding hydrogens is 813 g/mol. The van der Waals surface area contributed by atoms with Gasteiger partial charge in [-0.1, -0.05) is 254 Å². The minimum Gasteiger partial charge on any atom is -0.462 e. The first-order valence-electron chi connectivity index (χ1n) is 28.5. The maximum atomic E-state index is 12.8. The molecule has 0 heterocycles. The van der Waals surface area contributed by atoms with Gasteiger partial charge in [0.05, 0.1) is 6.61 Å². The van der Waals surface area contributed by atoms with Gasteiger partial charge in [-0.2, -0.15) is 0 Å². The Hall–Kier alpha value is -2.66. The zero-order chi connectivity index (χ0) is 47.7. The van der Waals surface area contributed by atoms with Gasteiger partial charge in [-0.15, -0.1) is 0 Å². The van der Waals surface area contributed by atoms with Crippen LogP contribution in [-0.2, 0) is 23.8 Å². The molecule has 0 unspecified atom stereocenters. The maximum Gasteiger partial charge on any atom is 0.306 e. The van der Waals surface area contributed by atoms with Crippen molar-refractivity contribution in [3.8, 4) is 0 Å². The Kier molecular flexibility index (Phi) is 54.4. The second-order valence-corrected chi connectivity index (χ2v) is 18.8. The fourth-order valence-electron chi connectivity index (χ4n) is 7.96. The summed E-state index contributed by atoms with van der Waals surface area (Å²) in [6.07, 6.45) is 73.6. The molecule has 0 aromatic carbocycles. The normalized spacial score (nSPS) is 12.7. The summed E-state index contributed by atoms with van der Waals surface area (Å²) in [4.78, 5) is 25.4. The lowest BCUT2D eigenvalue weighted by Crippen LogP contribution is -2.30. The van der Waals surface area contributed by atoms with Crippen LogP contribution in [-0.4, -0.2) is 37.9 Å². The number of carbonyl (C=O) groups is 2. The first-order chi connectivity index (χ1) is 32.6. The first kappa shape index (κ1) is 63.3. The highest BCUT2D eigenvalue weighted by Gasteiger charge is 2.17. The van der Waals surface area contributed by atoms with Crippen molar-refractivity contribution < 1.29 is 23.8 Å². The molecule has 5 nitrogen and oxygen atoms in total. The van der Waals surface area contributed by atoms with Crippen molar-refractivity contribution in [3.63, 3.8) is 0 Å². The third-order valence-electron chi connectivity index (χ3n) is 12.2. The first-order valence-corrected chi connectivity index (χ1v) is 28.5. The number of hydrogen-bond acceptors (Lipinski definition) is 5. The average Bonchev–Trinajstić information content (AvgIpc) is 3.32. The number of rotatable bonds is 52.